The van der Waals surface area contributed by atoms with Crippen LogP contribution in [0.25, 0.3) is 21.7 Å². The van der Waals surface area contributed by atoms with E-state index in [4.69, 9.17) is 4.42 Å². The summed E-state index contributed by atoms with van der Waals surface area (Å²) in [5.41, 5.74) is 4.78. The quantitative estimate of drug-likeness (QED) is 0.804. The summed E-state index contributed by atoms with van der Waals surface area (Å²) in [4.78, 5) is 14.7. The summed E-state index contributed by atoms with van der Waals surface area (Å²) in [6.07, 6.45) is 2.04. The Hall–Kier alpha value is -2.37. The lowest BCUT2D eigenvalue weighted by molar-refractivity contribution is -0.126. The molecular formula is C19H21N3O2. The molecule has 0 aliphatic carbocycles. The third-order valence-electron chi connectivity index (χ3n) is 4.68. The molecule has 1 aliphatic heterocycles. The molecule has 4 rings (SSSR count). The first-order valence-corrected chi connectivity index (χ1v) is 8.31. The van der Waals surface area contributed by atoms with Crippen LogP contribution in [0.2, 0.25) is 0 Å². The molecule has 3 aromatic rings. The predicted molar refractivity (Wildman–Crippen MR) is 94.6 cm³/mol. The number of hydrogen-bond donors (Lipinski definition) is 1. The van der Waals surface area contributed by atoms with Gasteiger partial charge < -0.3 is 9.32 Å². The summed E-state index contributed by atoms with van der Waals surface area (Å²) in [6.45, 7) is 3.66. The van der Waals surface area contributed by atoms with Gasteiger partial charge in [-0.25, -0.2) is 5.01 Å². The summed E-state index contributed by atoms with van der Waals surface area (Å²) in [5, 5.41) is 5.34. The minimum atomic E-state index is 0.00943. The standard InChI is InChI=1S/C19H21N3O2/c1-21-8-10-22(11-9-21)20-18(23)12-15-13-24-17-7-6-14-4-2-3-5-16(14)19(15)17/h2-7,13H,8-12H2,1H3,(H,20,23). The van der Waals surface area contributed by atoms with Crippen LogP contribution >= 0.6 is 0 Å². The Kier molecular flexibility index (Phi) is 3.96. The lowest BCUT2D eigenvalue weighted by Crippen LogP contribution is -2.52. The maximum absolute atomic E-state index is 12.4. The van der Waals surface area contributed by atoms with Gasteiger partial charge in [-0.1, -0.05) is 30.3 Å². The van der Waals surface area contributed by atoms with Crippen molar-refractivity contribution in [3.63, 3.8) is 0 Å². The van der Waals surface area contributed by atoms with E-state index in [2.05, 4.69) is 35.6 Å². The van der Waals surface area contributed by atoms with E-state index in [1.807, 2.05) is 23.2 Å². The number of carbonyl (C=O) groups is 1. The van der Waals surface area contributed by atoms with Gasteiger partial charge in [0.1, 0.15) is 5.58 Å². The number of rotatable bonds is 3. The molecule has 1 aromatic heterocycles. The molecule has 2 aromatic carbocycles. The Balaban J connectivity index is 1.56. The van der Waals surface area contributed by atoms with Crippen molar-refractivity contribution in [3.8, 4) is 0 Å². The fourth-order valence-corrected chi connectivity index (χ4v) is 3.31. The fraction of sp³-hybridized carbons (Fsp3) is 0.316. The zero-order valence-corrected chi connectivity index (χ0v) is 13.8. The van der Waals surface area contributed by atoms with Crippen LogP contribution < -0.4 is 5.43 Å². The SMILES string of the molecule is CN1CCN(NC(=O)Cc2coc3ccc4ccccc4c23)CC1. The summed E-state index contributed by atoms with van der Waals surface area (Å²) in [5.74, 6) is 0.00943. The van der Waals surface area contributed by atoms with E-state index in [0.29, 0.717) is 6.42 Å². The van der Waals surface area contributed by atoms with Crippen molar-refractivity contribution in [2.24, 2.45) is 0 Å². The smallest absolute Gasteiger partial charge is 0.238 e. The number of piperazine rings is 1. The van der Waals surface area contributed by atoms with Gasteiger partial charge >= 0.3 is 0 Å². The number of nitrogens with zero attached hydrogens (tertiary/aromatic N) is 2. The highest BCUT2D eigenvalue weighted by molar-refractivity contribution is 6.08. The van der Waals surface area contributed by atoms with Gasteiger partial charge in [-0.15, -0.1) is 0 Å². The van der Waals surface area contributed by atoms with E-state index in [0.717, 1.165) is 53.5 Å². The summed E-state index contributed by atoms with van der Waals surface area (Å²) in [7, 11) is 2.10. The van der Waals surface area contributed by atoms with Gasteiger partial charge in [0, 0.05) is 37.1 Å². The van der Waals surface area contributed by atoms with Gasteiger partial charge in [-0.2, -0.15) is 0 Å². The van der Waals surface area contributed by atoms with Crippen LogP contribution in [0.1, 0.15) is 5.56 Å². The van der Waals surface area contributed by atoms with Crippen LogP contribution in [0, 0.1) is 0 Å². The zero-order valence-electron chi connectivity index (χ0n) is 13.8. The van der Waals surface area contributed by atoms with E-state index >= 15 is 0 Å². The number of hydrogen-bond acceptors (Lipinski definition) is 4. The second kappa shape index (κ2) is 6.26. The number of fused-ring (bicyclic) bond motifs is 3. The normalized spacial score (nSPS) is 16.7. The Morgan fingerprint density at radius 2 is 1.92 bits per heavy atom. The lowest BCUT2D eigenvalue weighted by Gasteiger charge is -2.32. The van der Waals surface area contributed by atoms with Crippen molar-refractivity contribution in [2.75, 3.05) is 33.2 Å². The van der Waals surface area contributed by atoms with Crippen LogP contribution in [0.15, 0.2) is 47.1 Å². The van der Waals surface area contributed by atoms with E-state index in [1.165, 1.54) is 0 Å². The molecule has 0 atom stereocenters. The van der Waals surface area contributed by atoms with Crippen molar-refractivity contribution in [1.29, 1.82) is 0 Å². The molecular weight excluding hydrogens is 302 g/mol. The molecule has 5 nitrogen and oxygen atoms in total. The first-order chi connectivity index (χ1) is 11.7. The topological polar surface area (TPSA) is 48.7 Å². The highest BCUT2D eigenvalue weighted by atomic mass is 16.3. The van der Waals surface area contributed by atoms with Gasteiger partial charge in [-0.05, 0) is 23.9 Å². The van der Waals surface area contributed by atoms with Crippen LogP contribution in [-0.2, 0) is 11.2 Å². The number of benzene rings is 2. The van der Waals surface area contributed by atoms with Crippen molar-refractivity contribution in [3.05, 3.63) is 48.2 Å². The average Bonchev–Trinajstić information content (AvgIpc) is 3.00. The molecule has 0 spiro atoms. The molecule has 1 fully saturated rings. The number of nitrogens with one attached hydrogen (secondary N) is 1. The zero-order chi connectivity index (χ0) is 16.5. The van der Waals surface area contributed by atoms with E-state index in [-0.39, 0.29) is 5.91 Å². The second-order valence-corrected chi connectivity index (χ2v) is 6.42. The first kappa shape index (κ1) is 15.2. The molecule has 1 aliphatic rings. The molecule has 5 heteroatoms. The molecule has 0 saturated carbocycles. The monoisotopic (exact) mass is 323 g/mol. The van der Waals surface area contributed by atoms with Gasteiger partial charge in [-0.3, -0.25) is 10.2 Å². The third-order valence-corrected chi connectivity index (χ3v) is 4.68. The van der Waals surface area contributed by atoms with Crippen molar-refractivity contribution < 1.29 is 9.21 Å². The number of hydrazine groups is 1. The molecule has 24 heavy (non-hydrogen) atoms. The predicted octanol–water partition coefficient (Wildman–Crippen LogP) is 2.41. The van der Waals surface area contributed by atoms with Gasteiger partial charge in [0.25, 0.3) is 0 Å². The van der Waals surface area contributed by atoms with Crippen LogP contribution in [0.3, 0.4) is 0 Å². The molecule has 1 saturated heterocycles. The molecule has 2 heterocycles. The van der Waals surface area contributed by atoms with E-state index < -0.39 is 0 Å². The largest absolute Gasteiger partial charge is 0.464 e. The number of amides is 1. The second-order valence-electron chi connectivity index (χ2n) is 6.42. The van der Waals surface area contributed by atoms with Gasteiger partial charge in [0.05, 0.1) is 12.7 Å². The molecule has 124 valence electrons. The van der Waals surface area contributed by atoms with Gasteiger partial charge in [0.15, 0.2) is 0 Å². The van der Waals surface area contributed by atoms with E-state index in [1.54, 1.807) is 6.26 Å². The number of furan rings is 1. The Bertz CT molecular complexity index is 879. The average molecular weight is 323 g/mol. The third kappa shape index (κ3) is 2.88. The summed E-state index contributed by atoms with van der Waals surface area (Å²) < 4.78 is 5.66. The maximum Gasteiger partial charge on any atom is 0.238 e. The molecule has 1 amide bonds. The molecule has 0 unspecified atom stereocenters. The summed E-state index contributed by atoms with van der Waals surface area (Å²) in [6, 6.07) is 12.2. The Morgan fingerprint density at radius 1 is 1.12 bits per heavy atom. The summed E-state index contributed by atoms with van der Waals surface area (Å²) >= 11 is 0. The van der Waals surface area contributed by atoms with Crippen LogP contribution in [0.5, 0.6) is 0 Å². The van der Waals surface area contributed by atoms with Crippen LogP contribution in [-0.4, -0.2) is 49.0 Å². The van der Waals surface area contributed by atoms with Crippen molar-refractivity contribution >= 4 is 27.6 Å². The van der Waals surface area contributed by atoms with Crippen molar-refractivity contribution in [1.82, 2.24) is 15.3 Å². The highest BCUT2D eigenvalue weighted by Crippen LogP contribution is 2.30. The van der Waals surface area contributed by atoms with Crippen molar-refractivity contribution in [2.45, 2.75) is 6.42 Å². The molecule has 0 radical (unpaired) electrons. The molecule has 0 bridgehead atoms. The number of likely N-dealkylation sites (N-methyl/N-ethyl adjacent to an activating group) is 1. The maximum atomic E-state index is 12.4. The number of carbonyl (C=O) groups excluding carboxylic acids is 1. The Morgan fingerprint density at radius 3 is 2.75 bits per heavy atom. The lowest BCUT2D eigenvalue weighted by atomic mass is 10.0. The van der Waals surface area contributed by atoms with Crippen LogP contribution in [0.4, 0.5) is 0 Å². The highest BCUT2D eigenvalue weighted by Gasteiger charge is 2.18. The fourth-order valence-electron chi connectivity index (χ4n) is 3.31. The first-order valence-electron chi connectivity index (χ1n) is 8.31. The minimum Gasteiger partial charge on any atom is -0.464 e. The van der Waals surface area contributed by atoms with E-state index in [9.17, 15) is 4.79 Å². The van der Waals surface area contributed by atoms with Gasteiger partial charge in [0.2, 0.25) is 5.91 Å². The minimum absolute atomic E-state index is 0.00943. The molecule has 1 N–H and O–H groups in total. The Labute approximate surface area is 140 Å².